The molecule has 2 nitrogen and oxygen atoms in total. The van der Waals surface area contributed by atoms with E-state index in [4.69, 9.17) is 4.74 Å². The van der Waals surface area contributed by atoms with Crippen LogP contribution in [0.5, 0.6) is 0 Å². The highest BCUT2D eigenvalue weighted by atomic mass is 79.9. The lowest BCUT2D eigenvalue weighted by Crippen LogP contribution is -2.22. The van der Waals surface area contributed by atoms with Crippen molar-refractivity contribution in [3.63, 3.8) is 0 Å². The van der Waals surface area contributed by atoms with Gasteiger partial charge in [0.25, 0.3) is 0 Å². The smallest absolute Gasteiger partial charge is 0.313 e. The number of alkyl halides is 1. The van der Waals surface area contributed by atoms with Crippen LogP contribution < -0.4 is 0 Å². The average Bonchev–Trinajstić information content (AvgIpc) is 2.25. The van der Waals surface area contributed by atoms with Gasteiger partial charge in [-0.05, 0) is 12.0 Å². The highest BCUT2D eigenvalue weighted by Crippen LogP contribution is 2.32. The first-order chi connectivity index (χ1) is 7.44. The molecule has 0 fully saturated rings. The minimum Gasteiger partial charge on any atom is -0.469 e. The van der Waals surface area contributed by atoms with Crippen LogP contribution in [0.4, 0.5) is 0 Å². The number of hydrogen-bond donors (Lipinski definition) is 0. The molecule has 3 heteroatoms. The molecule has 1 unspecified atom stereocenters. The van der Waals surface area contributed by atoms with Gasteiger partial charge in [-0.25, -0.2) is 0 Å². The summed E-state index contributed by atoms with van der Waals surface area (Å²) in [5.41, 5.74) is 1.00. The molecule has 0 aliphatic heterocycles. The summed E-state index contributed by atoms with van der Waals surface area (Å²) in [6.45, 7) is 4.10. The van der Waals surface area contributed by atoms with E-state index in [1.165, 1.54) is 7.11 Å². The Balaban J connectivity index is 2.93. The van der Waals surface area contributed by atoms with Crippen molar-refractivity contribution in [1.29, 1.82) is 0 Å². The van der Waals surface area contributed by atoms with E-state index in [1.54, 1.807) is 0 Å². The lowest BCUT2D eigenvalue weighted by molar-refractivity contribution is -0.142. The highest BCUT2D eigenvalue weighted by molar-refractivity contribution is 9.10. The predicted molar refractivity (Wildman–Crippen MR) is 68.8 cm³/mol. The molecule has 1 aromatic rings. The minimum atomic E-state index is -0.208. The van der Waals surface area contributed by atoms with Crippen LogP contribution in [0.1, 0.15) is 31.7 Å². The SMILES string of the molecule is COC(=O)C(CC(C)(C)Br)c1ccccc1. The Bertz CT molecular complexity index is 341. The fourth-order valence-corrected chi connectivity index (χ4v) is 1.97. The van der Waals surface area contributed by atoms with Gasteiger partial charge >= 0.3 is 5.97 Å². The first-order valence-corrected chi connectivity index (χ1v) is 6.05. The predicted octanol–water partition coefficient (Wildman–Crippen LogP) is 3.51. The molecule has 0 aromatic heterocycles. The van der Waals surface area contributed by atoms with Crippen molar-refractivity contribution in [2.75, 3.05) is 7.11 Å². The van der Waals surface area contributed by atoms with E-state index in [0.29, 0.717) is 6.42 Å². The molecule has 0 saturated carbocycles. The van der Waals surface area contributed by atoms with Crippen LogP contribution in [0.25, 0.3) is 0 Å². The topological polar surface area (TPSA) is 26.3 Å². The van der Waals surface area contributed by atoms with Crippen molar-refractivity contribution >= 4 is 21.9 Å². The lowest BCUT2D eigenvalue weighted by atomic mass is 9.90. The first kappa shape index (κ1) is 13.2. The monoisotopic (exact) mass is 284 g/mol. The van der Waals surface area contributed by atoms with E-state index >= 15 is 0 Å². The summed E-state index contributed by atoms with van der Waals surface area (Å²) in [6.07, 6.45) is 0.712. The lowest BCUT2D eigenvalue weighted by Gasteiger charge is -2.23. The number of esters is 1. The van der Waals surface area contributed by atoms with E-state index in [-0.39, 0.29) is 16.2 Å². The Labute approximate surface area is 105 Å². The molecular formula is C13H17BrO2. The Morgan fingerprint density at radius 1 is 1.38 bits per heavy atom. The second kappa shape index (κ2) is 5.48. The number of hydrogen-bond acceptors (Lipinski definition) is 2. The summed E-state index contributed by atoms with van der Waals surface area (Å²) >= 11 is 3.57. The van der Waals surface area contributed by atoms with Crippen LogP contribution in [0.15, 0.2) is 30.3 Å². The van der Waals surface area contributed by atoms with E-state index in [2.05, 4.69) is 15.9 Å². The molecule has 0 heterocycles. The number of benzene rings is 1. The highest BCUT2D eigenvalue weighted by Gasteiger charge is 2.27. The normalized spacial score (nSPS) is 13.2. The van der Waals surface area contributed by atoms with Crippen LogP contribution in [0, 0.1) is 0 Å². The summed E-state index contributed by atoms with van der Waals surface area (Å²) in [6, 6.07) is 9.73. The molecule has 1 aromatic carbocycles. The Morgan fingerprint density at radius 2 is 1.94 bits per heavy atom. The third-order valence-electron chi connectivity index (χ3n) is 2.38. The van der Waals surface area contributed by atoms with Crippen molar-refractivity contribution in [1.82, 2.24) is 0 Å². The molecule has 0 amide bonds. The van der Waals surface area contributed by atoms with Crippen LogP contribution in [-0.4, -0.2) is 17.4 Å². The van der Waals surface area contributed by atoms with Gasteiger partial charge in [0.1, 0.15) is 0 Å². The Kier molecular flexibility index (Phi) is 4.54. The van der Waals surface area contributed by atoms with Gasteiger partial charge in [-0.1, -0.05) is 60.1 Å². The number of ether oxygens (including phenoxy) is 1. The van der Waals surface area contributed by atoms with Gasteiger partial charge in [0.15, 0.2) is 0 Å². The van der Waals surface area contributed by atoms with E-state index in [1.807, 2.05) is 44.2 Å². The van der Waals surface area contributed by atoms with Crippen molar-refractivity contribution in [2.45, 2.75) is 30.5 Å². The van der Waals surface area contributed by atoms with E-state index < -0.39 is 0 Å². The third kappa shape index (κ3) is 3.97. The number of halogens is 1. The van der Waals surface area contributed by atoms with Gasteiger partial charge in [-0.3, -0.25) is 4.79 Å². The molecule has 0 aliphatic carbocycles. The van der Waals surface area contributed by atoms with Crippen LogP contribution >= 0.6 is 15.9 Å². The zero-order valence-electron chi connectivity index (χ0n) is 9.87. The standard InChI is InChI=1S/C13H17BrO2/c1-13(2,14)9-11(12(15)16-3)10-7-5-4-6-8-10/h4-8,11H,9H2,1-3H3. The van der Waals surface area contributed by atoms with E-state index in [0.717, 1.165) is 5.56 Å². The van der Waals surface area contributed by atoms with Crippen LogP contribution in [0.3, 0.4) is 0 Å². The maximum atomic E-state index is 11.7. The Morgan fingerprint density at radius 3 is 2.38 bits per heavy atom. The number of methoxy groups -OCH3 is 1. The van der Waals surface area contributed by atoms with Crippen LogP contribution in [0.2, 0.25) is 0 Å². The van der Waals surface area contributed by atoms with E-state index in [9.17, 15) is 4.79 Å². The molecule has 0 spiro atoms. The van der Waals surface area contributed by atoms with Gasteiger partial charge < -0.3 is 4.74 Å². The zero-order valence-corrected chi connectivity index (χ0v) is 11.5. The molecule has 0 radical (unpaired) electrons. The van der Waals surface area contributed by atoms with Gasteiger partial charge in [0.2, 0.25) is 0 Å². The summed E-state index contributed by atoms with van der Waals surface area (Å²) in [4.78, 5) is 11.7. The van der Waals surface area contributed by atoms with Gasteiger partial charge in [-0.2, -0.15) is 0 Å². The molecule has 0 saturated heterocycles. The maximum absolute atomic E-state index is 11.7. The van der Waals surface area contributed by atoms with Crippen molar-refractivity contribution in [3.8, 4) is 0 Å². The number of carbonyl (C=O) groups is 1. The van der Waals surface area contributed by atoms with Crippen molar-refractivity contribution in [2.24, 2.45) is 0 Å². The summed E-state index contributed by atoms with van der Waals surface area (Å²) in [5.74, 6) is -0.390. The fraction of sp³-hybridized carbons (Fsp3) is 0.462. The molecule has 0 N–H and O–H groups in total. The molecule has 1 atom stereocenters. The van der Waals surface area contributed by atoms with Gasteiger partial charge in [0.05, 0.1) is 13.0 Å². The summed E-state index contributed by atoms with van der Waals surface area (Å²) < 4.78 is 4.77. The molecule has 88 valence electrons. The zero-order chi connectivity index (χ0) is 12.2. The van der Waals surface area contributed by atoms with Crippen LogP contribution in [-0.2, 0) is 9.53 Å². The molecule has 16 heavy (non-hydrogen) atoms. The van der Waals surface area contributed by atoms with Crippen molar-refractivity contribution < 1.29 is 9.53 Å². The second-order valence-corrected chi connectivity index (χ2v) is 6.56. The quantitative estimate of drug-likeness (QED) is 0.625. The summed E-state index contributed by atoms with van der Waals surface area (Å²) in [7, 11) is 1.43. The fourth-order valence-electron chi connectivity index (χ4n) is 1.65. The Hall–Kier alpha value is -0.830. The van der Waals surface area contributed by atoms with Crippen molar-refractivity contribution in [3.05, 3.63) is 35.9 Å². The average molecular weight is 285 g/mol. The molecule has 0 bridgehead atoms. The van der Waals surface area contributed by atoms with Gasteiger partial charge in [0, 0.05) is 4.32 Å². The first-order valence-electron chi connectivity index (χ1n) is 5.26. The maximum Gasteiger partial charge on any atom is 0.313 e. The molecule has 0 aliphatic rings. The molecular weight excluding hydrogens is 268 g/mol. The minimum absolute atomic E-state index is 0.0816. The number of carbonyl (C=O) groups excluding carboxylic acids is 1. The van der Waals surface area contributed by atoms with Gasteiger partial charge in [-0.15, -0.1) is 0 Å². The largest absolute Gasteiger partial charge is 0.469 e. The molecule has 1 rings (SSSR count). The third-order valence-corrected chi connectivity index (χ3v) is 2.70. The summed E-state index contributed by atoms with van der Waals surface area (Å²) in [5, 5.41) is 0. The second-order valence-electron chi connectivity index (χ2n) is 4.41. The number of rotatable bonds is 4.